The van der Waals surface area contributed by atoms with E-state index in [-0.39, 0.29) is 6.04 Å². The minimum Gasteiger partial charge on any atom is -0.329 e. The Morgan fingerprint density at radius 1 is 0.833 bits per heavy atom. The van der Waals surface area contributed by atoms with Gasteiger partial charge < -0.3 is 11.5 Å². The fraction of sp³-hybridized carbons (Fsp3) is 0.700. The lowest BCUT2D eigenvalue weighted by molar-refractivity contribution is 0.556. The van der Waals surface area contributed by atoms with Gasteiger partial charge in [0.15, 0.2) is 0 Å². The predicted octanol–water partition coefficient (Wildman–Crippen LogP) is 6.63. The van der Waals surface area contributed by atoms with E-state index in [9.17, 15) is 0 Å². The lowest BCUT2D eigenvalue weighted by Gasteiger charge is -2.15. The average molecular weight is 462 g/mol. The first-order valence-electron chi connectivity index (χ1n) is 9.53. The molecule has 1 rings (SSSR count). The molecule has 0 amide bonds. The number of aryl methyl sites for hydroxylation is 1. The molecule has 0 spiro atoms. The monoisotopic (exact) mass is 460 g/mol. The molecule has 4 heteroatoms. The van der Waals surface area contributed by atoms with Crippen molar-refractivity contribution in [3.63, 3.8) is 0 Å². The van der Waals surface area contributed by atoms with Crippen molar-refractivity contribution >= 4 is 31.9 Å². The van der Waals surface area contributed by atoms with Crippen molar-refractivity contribution in [1.29, 1.82) is 0 Å². The molecule has 1 aromatic rings. The summed E-state index contributed by atoms with van der Waals surface area (Å²) < 4.78 is 2.13. The smallest absolute Gasteiger partial charge is 0.0442 e. The van der Waals surface area contributed by atoms with E-state index >= 15 is 0 Å². The molecule has 0 aromatic heterocycles. The maximum atomic E-state index is 6.07. The van der Waals surface area contributed by atoms with E-state index in [2.05, 4.69) is 50.9 Å². The number of hydrogen-bond donors (Lipinski definition) is 2. The van der Waals surface area contributed by atoms with E-state index in [0.717, 1.165) is 20.9 Å². The molecular weight excluding hydrogens is 428 g/mol. The fourth-order valence-electron chi connectivity index (χ4n) is 3.07. The number of unbranched alkanes of at least 4 members (excludes halogenated alkanes) is 9. The van der Waals surface area contributed by atoms with Crippen molar-refractivity contribution in [3.05, 3.63) is 32.2 Å². The van der Waals surface area contributed by atoms with Crippen molar-refractivity contribution in [1.82, 2.24) is 0 Å². The van der Waals surface area contributed by atoms with Crippen LogP contribution in [0.5, 0.6) is 0 Å². The van der Waals surface area contributed by atoms with Crippen molar-refractivity contribution < 1.29 is 0 Å². The standard InChI is InChI=1S/C20H34Br2N2/c1-2-3-4-5-6-7-8-9-10-11-12-16-13-17(21)20(18(22)14-16)19(24)15-23/h13-14,19H,2-12,15,23-24H2,1H3. The van der Waals surface area contributed by atoms with Gasteiger partial charge in [0.2, 0.25) is 0 Å². The Kier molecular flexibility index (Phi) is 12.3. The maximum absolute atomic E-state index is 6.07. The van der Waals surface area contributed by atoms with Gasteiger partial charge in [0, 0.05) is 21.5 Å². The normalized spacial score (nSPS) is 12.5. The summed E-state index contributed by atoms with van der Waals surface area (Å²) in [6.07, 6.45) is 14.9. The Labute approximate surface area is 165 Å². The average Bonchev–Trinajstić information content (AvgIpc) is 2.55. The van der Waals surface area contributed by atoms with Crippen LogP contribution < -0.4 is 11.5 Å². The molecule has 0 heterocycles. The van der Waals surface area contributed by atoms with Crippen LogP contribution in [-0.4, -0.2) is 6.54 Å². The van der Waals surface area contributed by atoms with Crippen LogP contribution in [0.1, 0.15) is 88.3 Å². The molecule has 0 saturated carbocycles. The Morgan fingerprint density at radius 2 is 1.29 bits per heavy atom. The van der Waals surface area contributed by atoms with Crippen LogP contribution in [0.4, 0.5) is 0 Å². The molecule has 0 saturated heterocycles. The largest absolute Gasteiger partial charge is 0.329 e. The molecule has 0 aliphatic heterocycles. The molecule has 1 aromatic carbocycles. The zero-order valence-corrected chi connectivity index (χ0v) is 18.3. The van der Waals surface area contributed by atoms with Crippen molar-refractivity contribution in [2.45, 2.75) is 83.6 Å². The van der Waals surface area contributed by atoms with Gasteiger partial charge in [-0.1, -0.05) is 96.6 Å². The lowest BCUT2D eigenvalue weighted by Crippen LogP contribution is -2.21. The summed E-state index contributed by atoms with van der Waals surface area (Å²) in [4.78, 5) is 0. The van der Waals surface area contributed by atoms with Gasteiger partial charge in [0.05, 0.1) is 0 Å². The molecule has 24 heavy (non-hydrogen) atoms. The van der Waals surface area contributed by atoms with Gasteiger partial charge in [0.25, 0.3) is 0 Å². The van der Waals surface area contributed by atoms with E-state index in [1.807, 2.05) is 0 Å². The summed E-state index contributed by atoms with van der Waals surface area (Å²) in [6.45, 7) is 2.73. The molecule has 2 nitrogen and oxygen atoms in total. The van der Waals surface area contributed by atoms with Gasteiger partial charge in [-0.05, 0) is 36.1 Å². The van der Waals surface area contributed by atoms with Crippen LogP contribution in [-0.2, 0) is 6.42 Å². The van der Waals surface area contributed by atoms with Crippen molar-refractivity contribution in [2.24, 2.45) is 11.5 Å². The third kappa shape index (κ3) is 8.46. The summed E-state index contributed by atoms with van der Waals surface area (Å²) in [7, 11) is 0. The highest BCUT2D eigenvalue weighted by atomic mass is 79.9. The summed E-state index contributed by atoms with van der Waals surface area (Å²) >= 11 is 7.29. The molecular formula is C20H34Br2N2. The van der Waals surface area contributed by atoms with Crippen LogP contribution in [0, 0.1) is 0 Å². The van der Waals surface area contributed by atoms with Crippen LogP contribution in [0.3, 0.4) is 0 Å². The fourth-order valence-corrected chi connectivity index (χ4v) is 4.94. The lowest BCUT2D eigenvalue weighted by atomic mass is 10.0. The molecule has 1 atom stereocenters. The quantitative estimate of drug-likeness (QED) is 0.323. The Morgan fingerprint density at radius 3 is 1.75 bits per heavy atom. The van der Waals surface area contributed by atoms with E-state index in [4.69, 9.17) is 11.5 Å². The third-order valence-corrected chi connectivity index (χ3v) is 5.89. The van der Waals surface area contributed by atoms with Gasteiger partial charge in [-0.25, -0.2) is 0 Å². The predicted molar refractivity (Wildman–Crippen MR) is 113 cm³/mol. The topological polar surface area (TPSA) is 52.0 Å². The van der Waals surface area contributed by atoms with Gasteiger partial charge in [0.1, 0.15) is 0 Å². The van der Waals surface area contributed by atoms with Crippen LogP contribution >= 0.6 is 31.9 Å². The summed E-state index contributed by atoms with van der Waals surface area (Å²) in [5.41, 5.74) is 14.2. The molecule has 1 unspecified atom stereocenters. The Bertz CT molecular complexity index is 440. The van der Waals surface area contributed by atoms with E-state index in [1.165, 1.54) is 69.8 Å². The first-order chi connectivity index (χ1) is 11.6. The van der Waals surface area contributed by atoms with Gasteiger partial charge in [-0.3, -0.25) is 0 Å². The second-order valence-corrected chi connectivity index (χ2v) is 8.46. The highest BCUT2D eigenvalue weighted by Crippen LogP contribution is 2.31. The number of benzene rings is 1. The zero-order valence-electron chi connectivity index (χ0n) is 15.1. The summed E-state index contributed by atoms with van der Waals surface area (Å²) in [5, 5.41) is 0. The second-order valence-electron chi connectivity index (χ2n) is 6.75. The molecule has 4 N–H and O–H groups in total. The van der Waals surface area contributed by atoms with Gasteiger partial charge >= 0.3 is 0 Å². The minimum absolute atomic E-state index is 0.125. The molecule has 0 fully saturated rings. The SMILES string of the molecule is CCCCCCCCCCCCc1cc(Br)c(C(N)CN)c(Br)c1. The number of halogens is 2. The molecule has 0 aliphatic rings. The number of rotatable bonds is 13. The Balaban J connectivity index is 2.22. The summed E-state index contributed by atoms with van der Waals surface area (Å²) in [5.74, 6) is 0. The second kappa shape index (κ2) is 13.3. The van der Waals surface area contributed by atoms with Crippen LogP contribution in [0.15, 0.2) is 21.1 Å². The third-order valence-electron chi connectivity index (χ3n) is 4.58. The first-order valence-corrected chi connectivity index (χ1v) is 11.1. The molecule has 0 radical (unpaired) electrons. The first kappa shape index (κ1) is 22.1. The van der Waals surface area contributed by atoms with E-state index in [1.54, 1.807) is 0 Å². The maximum Gasteiger partial charge on any atom is 0.0442 e. The zero-order chi connectivity index (χ0) is 17.8. The summed E-state index contributed by atoms with van der Waals surface area (Å²) in [6, 6.07) is 4.27. The van der Waals surface area contributed by atoms with Crippen molar-refractivity contribution in [3.8, 4) is 0 Å². The highest BCUT2D eigenvalue weighted by molar-refractivity contribution is 9.11. The highest BCUT2D eigenvalue weighted by Gasteiger charge is 2.13. The van der Waals surface area contributed by atoms with E-state index in [0.29, 0.717) is 6.54 Å². The molecule has 0 bridgehead atoms. The van der Waals surface area contributed by atoms with E-state index < -0.39 is 0 Å². The number of hydrogen-bond acceptors (Lipinski definition) is 2. The number of nitrogens with two attached hydrogens (primary N) is 2. The van der Waals surface area contributed by atoms with Crippen LogP contribution in [0.2, 0.25) is 0 Å². The van der Waals surface area contributed by atoms with Gasteiger partial charge in [-0.15, -0.1) is 0 Å². The van der Waals surface area contributed by atoms with Crippen LogP contribution in [0.25, 0.3) is 0 Å². The minimum atomic E-state index is -0.125. The van der Waals surface area contributed by atoms with Gasteiger partial charge in [-0.2, -0.15) is 0 Å². The molecule has 0 aliphatic carbocycles. The Hall–Kier alpha value is 0.1000. The molecule has 138 valence electrons. The van der Waals surface area contributed by atoms with Crippen molar-refractivity contribution in [2.75, 3.05) is 6.54 Å².